The van der Waals surface area contributed by atoms with Crippen molar-refractivity contribution in [3.63, 3.8) is 0 Å². The minimum Gasteiger partial charge on any atom is -0.481 e. The van der Waals surface area contributed by atoms with Gasteiger partial charge in [0.15, 0.2) is 0 Å². The van der Waals surface area contributed by atoms with E-state index in [1.165, 1.54) is 0 Å². The van der Waals surface area contributed by atoms with E-state index in [0.29, 0.717) is 6.42 Å². The molecule has 94 valence electrons. The van der Waals surface area contributed by atoms with Crippen LogP contribution in [0.2, 0.25) is 0 Å². The van der Waals surface area contributed by atoms with Crippen LogP contribution in [-0.2, 0) is 19.6 Å². The Morgan fingerprint density at radius 3 is 2.44 bits per heavy atom. The minimum atomic E-state index is -3.64. The maximum absolute atomic E-state index is 11.2. The summed E-state index contributed by atoms with van der Waals surface area (Å²) in [6.07, 6.45) is 0.0121. The van der Waals surface area contributed by atoms with E-state index in [2.05, 4.69) is 0 Å². The number of carboxylic acid groups (broad SMARTS) is 1. The summed E-state index contributed by atoms with van der Waals surface area (Å²) < 4.78 is 24.2. The summed E-state index contributed by atoms with van der Waals surface area (Å²) in [5.74, 6) is -2.11. The van der Waals surface area contributed by atoms with Gasteiger partial charge in [-0.05, 0) is 12.8 Å². The molecule has 0 rings (SSSR count). The minimum absolute atomic E-state index is 0.0944. The zero-order valence-electron chi connectivity index (χ0n) is 8.97. The number of carbonyl (C=O) groups is 2. The fourth-order valence-electron chi connectivity index (χ4n) is 0.959. The lowest BCUT2D eigenvalue weighted by Crippen LogP contribution is -2.44. The fraction of sp³-hybridized carbons (Fsp3) is 0.750. The van der Waals surface area contributed by atoms with E-state index in [4.69, 9.17) is 10.8 Å². The molecule has 0 saturated heterocycles. The van der Waals surface area contributed by atoms with Crippen molar-refractivity contribution in [1.82, 2.24) is 4.72 Å². The third-order valence-corrected chi connectivity index (χ3v) is 3.19. The predicted molar refractivity (Wildman–Crippen MR) is 57.1 cm³/mol. The number of aliphatic carboxylic acids is 1. The second kappa shape index (κ2) is 6.44. The maximum atomic E-state index is 11.2. The zero-order valence-corrected chi connectivity index (χ0v) is 9.79. The third kappa shape index (κ3) is 6.36. The second-order valence-electron chi connectivity index (χ2n) is 3.32. The van der Waals surface area contributed by atoms with Crippen molar-refractivity contribution in [3.05, 3.63) is 0 Å². The van der Waals surface area contributed by atoms with Crippen molar-refractivity contribution >= 4 is 21.9 Å². The van der Waals surface area contributed by atoms with Gasteiger partial charge in [-0.2, -0.15) is 0 Å². The molecular weight excluding hydrogens is 236 g/mol. The fourth-order valence-corrected chi connectivity index (χ4v) is 2.06. The summed E-state index contributed by atoms with van der Waals surface area (Å²) in [7, 11) is -3.64. The Morgan fingerprint density at radius 1 is 1.44 bits per heavy atom. The van der Waals surface area contributed by atoms with Crippen molar-refractivity contribution in [2.75, 3.05) is 5.75 Å². The summed E-state index contributed by atoms with van der Waals surface area (Å²) in [5.41, 5.74) is 5.33. The van der Waals surface area contributed by atoms with Crippen LogP contribution in [-0.4, -0.2) is 37.2 Å². The van der Waals surface area contributed by atoms with Gasteiger partial charge in [-0.25, -0.2) is 8.42 Å². The monoisotopic (exact) mass is 252 g/mol. The Hall–Kier alpha value is -1.15. The number of nitrogens with one attached hydrogen (secondary N) is 1. The van der Waals surface area contributed by atoms with Crippen molar-refractivity contribution in [3.8, 4) is 0 Å². The Morgan fingerprint density at radius 2 is 2.00 bits per heavy atom. The van der Waals surface area contributed by atoms with Crippen LogP contribution in [0.4, 0.5) is 0 Å². The smallest absolute Gasteiger partial charge is 0.303 e. The van der Waals surface area contributed by atoms with Crippen LogP contribution in [0.25, 0.3) is 0 Å². The Labute approximate surface area is 94.1 Å². The van der Waals surface area contributed by atoms with Gasteiger partial charge in [-0.3, -0.25) is 14.3 Å². The number of nitrogens with two attached hydrogens (primary N) is 1. The summed E-state index contributed by atoms with van der Waals surface area (Å²) >= 11 is 0. The Bertz CT molecular complexity index is 351. The maximum Gasteiger partial charge on any atom is 0.303 e. The summed E-state index contributed by atoms with van der Waals surface area (Å²) in [6.45, 7) is 1.66. The topological polar surface area (TPSA) is 127 Å². The number of hydrogen-bond donors (Lipinski definition) is 3. The average molecular weight is 252 g/mol. The van der Waals surface area contributed by atoms with Gasteiger partial charge < -0.3 is 10.8 Å². The van der Waals surface area contributed by atoms with Gasteiger partial charge in [-0.15, -0.1) is 0 Å². The quantitative estimate of drug-likeness (QED) is 0.535. The van der Waals surface area contributed by atoms with Crippen molar-refractivity contribution in [2.24, 2.45) is 5.73 Å². The normalized spacial score (nSPS) is 13.1. The lowest BCUT2D eigenvalue weighted by molar-refractivity contribution is -0.137. The molecule has 0 aromatic rings. The average Bonchev–Trinajstić information content (AvgIpc) is 2.12. The van der Waals surface area contributed by atoms with Crippen LogP contribution in [0, 0.1) is 0 Å². The van der Waals surface area contributed by atoms with Crippen LogP contribution in [0.1, 0.15) is 26.2 Å². The number of carbonyl (C=O) groups excluding carboxylic acids is 1. The summed E-state index contributed by atoms with van der Waals surface area (Å²) in [5, 5.41) is 8.36. The van der Waals surface area contributed by atoms with E-state index < -0.39 is 27.9 Å². The molecule has 0 fully saturated rings. The van der Waals surface area contributed by atoms with Gasteiger partial charge in [0.05, 0.1) is 11.8 Å². The van der Waals surface area contributed by atoms with E-state index in [-0.39, 0.29) is 18.6 Å². The van der Waals surface area contributed by atoms with Gasteiger partial charge in [-0.1, -0.05) is 6.92 Å². The molecule has 8 heteroatoms. The highest BCUT2D eigenvalue weighted by molar-refractivity contribution is 7.90. The number of sulfonamides is 1. The van der Waals surface area contributed by atoms with Crippen LogP contribution in [0.15, 0.2) is 0 Å². The molecule has 7 nitrogen and oxygen atoms in total. The van der Waals surface area contributed by atoms with E-state index >= 15 is 0 Å². The van der Waals surface area contributed by atoms with Crippen molar-refractivity contribution in [2.45, 2.75) is 32.2 Å². The van der Waals surface area contributed by atoms with Crippen LogP contribution in [0.3, 0.4) is 0 Å². The predicted octanol–water partition coefficient (Wildman–Crippen LogP) is -0.965. The Balaban J connectivity index is 4.20. The number of rotatable bonds is 7. The molecule has 4 N–H and O–H groups in total. The Kier molecular flexibility index (Phi) is 5.97. The highest BCUT2D eigenvalue weighted by Gasteiger charge is 2.20. The van der Waals surface area contributed by atoms with Crippen molar-refractivity contribution in [1.29, 1.82) is 0 Å². The van der Waals surface area contributed by atoms with E-state index in [1.54, 1.807) is 11.6 Å². The van der Waals surface area contributed by atoms with Gasteiger partial charge in [0.1, 0.15) is 0 Å². The first-order valence-electron chi connectivity index (χ1n) is 4.80. The van der Waals surface area contributed by atoms with Gasteiger partial charge >= 0.3 is 5.97 Å². The molecular formula is C8H16N2O5S. The molecule has 0 spiro atoms. The van der Waals surface area contributed by atoms with Crippen LogP contribution < -0.4 is 10.5 Å². The lowest BCUT2D eigenvalue weighted by Gasteiger charge is -2.10. The van der Waals surface area contributed by atoms with Gasteiger partial charge in [0, 0.05) is 6.42 Å². The lowest BCUT2D eigenvalue weighted by atomic mass is 10.1. The number of amides is 1. The first-order chi connectivity index (χ1) is 7.28. The standard InChI is InChI=1S/C8H16N2O5S/c1-2-5-16(14,15)10-8(13)6(9)3-4-7(11)12/h6H,2-5,9H2,1H3,(H,10,13)(H,11,12). The van der Waals surface area contributed by atoms with E-state index in [9.17, 15) is 18.0 Å². The van der Waals surface area contributed by atoms with E-state index in [1.807, 2.05) is 0 Å². The SMILES string of the molecule is CCCS(=O)(=O)NC(=O)C(N)CCC(=O)O. The first-order valence-corrected chi connectivity index (χ1v) is 6.45. The van der Waals surface area contributed by atoms with Gasteiger partial charge in [0.2, 0.25) is 15.9 Å². The molecule has 0 bridgehead atoms. The molecule has 0 saturated carbocycles. The molecule has 0 radical (unpaired) electrons. The second-order valence-corrected chi connectivity index (χ2v) is 5.17. The molecule has 0 aliphatic heterocycles. The van der Waals surface area contributed by atoms with E-state index in [0.717, 1.165) is 0 Å². The van der Waals surface area contributed by atoms with Crippen LogP contribution in [0.5, 0.6) is 0 Å². The molecule has 0 heterocycles. The highest BCUT2D eigenvalue weighted by Crippen LogP contribution is 1.97. The molecule has 0 aliphatic rings. The summed E-state index contributed by atoms with van der Waals surface area (Å²) in [4.78, 5) is 21.4. The molecule has 1 atom stereocenters. The molecule has 1 amide bonds. The molecule has 0 aliphatic carbocycles. The first kappa shape index (κ1) is 14.8. The van der Waals surface area contributed by atoms with Crippen molar-refractivity contribution < 1.29 is 23.1 Å². The number of carboxylic acids is 1. The third-order valence-electron chi connectivity index (χ3n) is 1.73. The molecule has 16 heavy (non-hydrogen) atoms. The number of hydrogen-bond acceptors (Lipinski definition) is 5. The molecule has 0 aromatic carbocycles. The van der Waals surface area contributed by atoms with Crippen LogP contribution >= 0.6 is 0 Å². The van der Waals surface area contributed by atoms with Gasteiger partial charge in [0.25, 0.3) is 0 Å². The largest absolute Gasteiger partial charge is 0.481 e. The molecule has 1 unspecified atom stereocenters. The molecule has 0 aromatic heterocycles. The summed E-state index contributed by atoms with van der Waals surface area (Å²) in [6, 6.07) is -1.12. The zero-order chi connectivity index (χ0) is 12.8. The highest BCUT2D eigenvalue weighted by atomic mass is 32.2.